The van der Waals surface area contributed by atoms with Crippen molar-refractivity contribution in [1.82, 2.24) is 14.7 Å². The van der Waals surface area contributed by atoms with E-state index >= 15 is 0 Å². The Bertz CT molecular complexity index is 590. The van der Waals surface area contributed by atoms with Crippen LogP contribution in [0.15, 0.2) is 24.5 Å². The van der Waals surface area contributed by atoms with Crippen LogP contribution in [0, 0.1) is 6.92 Å². The van der Waals surface area contributed by atoms with Crippen LogP contribution in [-0.4, -0.2) is 42.3 Å². The van der Waals surface area contributed by atoms with Gasteiger partial charge >= 0.3 is 0 Å². The zero-order chi connectivity index (χ0) is 14.5. The lowest BCUT2D eigenvalue weighted by atomic mass is 10.3. The molecule has 0 fully saturated rings. The van der Waals surface area contributed by atoms with Gasteiger partial charge in [0.25, 0.3) is 0 Å². The molecule has 108 valence electrons. The van der Waals surface area contributed by atoms with Crippen LogP contribution < -0.4 is 5.32 Å². The third-order valence-electron chi connectivity index (χ3n) is 3.00. The molecule has 0 saturated heterocycles. The predicted octanol–water partition coefficient (Wildman–Crippen LogP) is 0.920. The quantitative estimate of drug-likeness (QED) is 0.797. The van der Waals surface area contributed by atoms with Gasteiger partial charge in [0.15, 0.2) is 6.29 Å². The Kier molecular flexibility index (Phi) is 4.70. The second kappa shape index (κ2) is 6.49. The molecule has 1 amide bonds. The van der Waals surface area contributed by atoms with E-state index in [9.17, 15) is 4.79 Å². The molecule has 0 aliphatic heterocycles. The van der Waals surface area contributed by atoms with Crippen molar-refractivity contribution in [2.45, 2.75) is 19.6 Å². The highest BCUT2D eigenvalue weighted by atomic mass is 16.7. The number of imidazole rings is 1. The average Bonchev–Trinajstić information content (AvgIpc) is 2.81. The number of hydrogen-bond acceptors (Lipinski definition) is 4. The van der Waals surface area contributed by atoms with E-state index in [1.807, 2.05) is 35.9 Å². The highest BCUT2D eigenvalue weighted by molar-refractivity contribution is 5.78. The van der Waals surface area contributed by atoms with Crippen LogP contribution in [0.3, 0.4) is 0 Å². The minimum Gasteiger partial charge on any atom is -0.354 e. The molecule has 6 heteroatoms. The Labute approximate surface area is 117 Å². The maximum atomic E-state index is 11.8. The maximum Gasteiger partial charge on any atom is 0.226 e. The maximum absolute atomic E-state index is 11.8. The fraction of sp³-hybridized carbons (Fsp3) is 0.429. The number of carbonyl (C=O) groups excluding carboxylic acids is 1. The van der Waals surface area contributed by atoms with Crippen molar-refractivity contribution in [3.8, 4) is 0 Å². The monoisotopic (exact) mass is 277 g/mol. The number of nitrogens with one attached hydrogen (secondary N) is 1. The first-order valence-corrected chi connectivity index (χ1v) is 6.39. The van der Waals surface area contributed by atoms with E-state index in [0.717, 1.165) is 16.9 Å². The molecule has 0 unspecified atom stereocenters. The number of amides is 1. The van der Waals surface area contributed by atoms with E-state index in [0.29, 0.717) is 6.54 Å². The van der Waals surface area contributed by atoms with Crippen LogP contribution >= 0.6 is 0 Å². The summed E-state index contributed by atoms with van der Waals surface area (Å²) in [6.07, 6.45) is 3.60. The normalized spacial score (nSPS) is 11.2. The van der Waals surface area contributed by atoms with Gasteiger partial charge in [-0.1, -0.05) is 0 Å². The van der Waals surface area contributed by atoms with Gasteiger partial charge in [-0.15, -0.1) is 0 Å². The van der Waals surface area contributed by atoms with Crippen LogP contribution in [0.4, 0.5) is 0 Å². The summed E-state index contributed by atoms with van der Waals surface area (Å²) < 4.78 is 11.9. The number of ether oxygens (including phenoxy) is 2. The van der Waals surface area contributed by atoms with Crippen LogP contribution in [0.2, 0.25) is 0 Å². The van der Waals surface area contributed by atoms with Crippen molar-refractivity contribution in [2.24, 2.45) is 0 Å². The topological polar surface area (TPSA) is 64.9 Å². The minimum absolute atomic E-state index is 0.107. The van der Waals surface area contributed by atoms with Crippen molar-refractivity contribution in [2.75, 3.05) is 20.8 Å². The molecule has 2 aromatic rings. The van der Waals surface area contributed by atoms with Crippen molar-refractivity contribution in [3.05, 3.63) is 35.8 Å². The summed E-state index contributed by atoms with van der Waals surface area (Å²) >= 11 is 0. The second-order valence-corrected chi connectivity index (χ2v) is 4.58. The first-order chi connectivity index (χ1) is 9.62. The molecule has 0 radical (unpaired) electrons. The molecular formula is C14H19N3O3. The molecule has 6 nitrogen and oxygen atoms in total. The van der Waals surface area contributed by atoms with Gasteiger partial charge in [-0.25, -0.2) is 4.98 Å². The van der Waals surface area contributed by atoms with Crippen molar-refractivity contribution in [3.63, 3.8) is 0 Å². The first-order valence-electron chi connectivity index (χ1n) is 6.39. The van der Waals surface area contributed by atoms with E-state index < -0.39 is 6.29 Å². The number of aryl methyl sites for hydroxylation is 1. The highest BCUT2D eigenvalue weighted by Gasteiger charge is 2.10. The summed E-state index contributed by atoms with van der Waals surface area (Å²) in [6.45, 7) is 2.33. The second-order valence-electron chi connectivity index (χ2n) is 4.58. The van der Waals surface area contributed by atoms with E-state index in [-0.39, 0.29) is 12.3 Å². The SMILES string of the molecule is COC(CNC(=O)Cc1cn2ccc(C)cc2n1)OC. The molecule has 20 heavy (non-hydrogen) atoms. The molecule has 0 bridgehead atoms. The summed E-state index contributed by atoms with van der Waals surface area (Å²) in [5.74, 6) is -0.107. The number of rotatable bonds is 6. The van der Waals surface area contributed by atoms with Crippen molar-refractivity contribution < 1.29 is 14.3 Å². The van der Waals surface area contributed by atoms with E-state index in [4.69, 9.17) is 9.47 Å². The Morgan fingerprint density at radius 2 is 2.20 bits per heavy atom. The minimum atomic E-state index is -0.428. The van der Waals surface area contributed by atoms with Gasteiger partial charge in [0.05, 0.1) is 18.7 Å². The average molecular weight is 277 g/mol. The number of nitrogens with zero attached hydrogens (tertiary/aromatic N) is 2. The van der Waals surface area contributed by atoms with Crippen LogP contribution in [0.25, 0.3) is 5.65 Å². The van der Waals surface area contributed by atoms with Crippen molar-refractivity contribution in [1.29, 1.82) is 0 Å². The number of aromatic nitrogens is 2. The van der Waals surface area contributed by atoms with Gasteiger partial charge in [-0.3, -0.25) is 4.79 Å². The summed E-state index contributed by atoms with van der Waals surface area (Å²) in [6, 6.07) is 3.98. The van der Waals surface area contributed by atoms with Gasteiger partial charge in [0.1, 0.15) is 5.65 Å². The molecule has 0 atom stereocenters. The summed E-state index contributed by atoms with van der Waals surface area (Å²) in [5, 5.41) is 2.75. The lowest BCUT2D eigenvalue weighted by molar-refractivity contribution is -0.126. The van der Waals surface area contributed by atoms with Crippen LogP contribution in [0.5, 0.6) is 0 Å². The third kappa shape index (κ3) is 3.55. The van der Waals surface area contributed by atoms with Gasteiger partial charge in [-0.2, -0.15) is 0 Å². The largest absolute Gasteiger partial charge is 0.354 e. The first kappa shape index (κ1) is 14.5. The van der Waals surface area contributed by atoms with Crippen LogP contribution in [0.1, 0.15) is 11.3 Å². The Morgan fingerprint density at radius 3 is 2.90 bits per heavy atom. The zero-order valence-corrected chi connectivity index (χ0v) is 11.9. The molecule has 2 heterocycles. The number of hydrogen-bond donors (Lipinski definition) is 1. The smallest absolute Gasteiger partial charge is 0.226 e. The summed E-state index contributed by atoms with van der Waals surface area (Å²) in [5.41, 5.74) is 2.72. The number of pyridine rings is 1. The fourth-order valence-electron chi connectivity index (χ4n) is 1.91. The van der Waals surface area contributed by atoms with Gasteiger partial charge in [-0.05, 0) is 24.6 Å². The molecule has 1 N–H and O–H groups in total. The Hall–Kier alpha value is -1.92. The molecule has 0 spiro atoms. The lowest BCUT2D eigenvalue weighted by Gasteiger charge is -2.13. The standard InChI is InChI=1S/C14H19N3O3/c1-10-4-5-17-9-11(16-12(17)6-10)7-13(18)15-8-14(19-2)20-3/h4-6,9,14H,7-8H2,1-3H3,(H,15,18). The molecule has 0 saturated carbocycles. The third-order valence-corrected chi connectivity index (χ3v) is 3.00. The molecule has 2 rings (SSSR count). The highest BCUT2D eigenvalue weighted by Crippen LogP contribution is 2.08. The predicted molar refractivity (Wildman–Crippen MR) is 74.4 cm³/mol. The number of carbonyl (C=O) groups is 1. The molecule has 0 aliphatic carbocycles. The molecule has 0 aliphatic rings. The molecule has 0 aromatic carbocycles. The molecular weight excluding hydrogens is 258 g/mol. The Balaban J connectivity index is 1.95. The molecule has 2 aromatic heterocycles. The summed E-state index contributed by atoms with van der Waals surface area (Å²) in [4.78, 5) is 16.2. The number of fused-ring (bicyclic) bond motifs is 1. The Morgan fingerprint density at radius 1 is 1.45 bits per heavy atom. The van der Waals surface area contributed by atoms with Gasteiger partial charge in [0.2, 0.25) is 5.91 Å². The fourth-order valence-corrected chi connectivity index (χ4v) is 1.91. The summed E-state index contributed by atoms with van der Waals surface area (Å²) in [7, 11) is 3.07. The zero-order valence-electron chi connectivity index (χ0n) is 11.9. The van der Waals surface area contributed by atoms with Gasteiger partial charge in [0, 0.05) is 26.6 Å². The lowest BCUT2D eigenvalue weighted by Crippen LogP contribution is -2.35. The van der Waals surface area contributed by atoms with E-state index in [1.54, 1.807) is 0 Å². The van der Waals surface area contributed by atoms with E-state index in [2.05, 4.69) is 10.3 Å². The van der Waals surface area contributed by atoms with E-state index in [1.165, 1.54) is 14.2 Å². The van der Waals surface area contributed by atoms with Crippen LogP contribution in [-0.2, 0) is 20.7 Å². The number of methoxy groups -OCH3 is 2. The van der Waals surface area contributed by atoms with Gasteiger partial charge < -0.3 is 19.2 Å². The van der Waals surface area contributed by atoms with Crippen molar-refractivity contribution >= 4 is 11.6 Å².